The average Bonchev–Trinajstić information content (AvgIpc) is 2.69. The van der Waals surface area contributed by atoms with E-state index in [2.05, 4.69) is 26.0 Å². The molecular weight excluding hydrogens is 477 g/mol. The van der Waals surface area contributed by atoms with Crippen LogP contribution in [0.4, 0.5) is 15.8 Å². The Hall–Kier alpha value is -3.24. The smallest absolute Gasteiger partial charge is 0.261 e. The first-order chi connectivity index (χ1) is 14.2. The number of anilines is 2. The van der Waals surface area contributed by atoms with Gasteiger partial charge in [0, 0.05) is 21.4 Å². The maximum absolute atomic E-state index is 13.5. The first-order valence-corrected chi connectivity index (χ1v) is 10.7. The molecule has 3 aromatic rings. The lowest BCUT2D eigenvalue weighted by Gasteiger charge is -2.10. The summed E-state index contributed by atoms with van der Waals surface area (Å²) in [5.41, 5.74) is 5.44. The predicted octanol–water partition coefficient (Wildman–Crippen LogP) is 3.74. The van der Waals surface area contributed by atoms with E-state index in [0.717, 1.165) is 16.6 Å². The minimum atomic E-state index is -3.78. The van der Waals surface area contributed by atoms with Crippen LogP contribution in [0.1, 0.15) is 20.7 Å². The molecule has 0 radical (unpaired) electrons. The minimum absolute atomic E-state index is 0.0917. The van der Waals surface area contributed by atoms with Crippen molar-refractivity contribution in [3.8, 4) is 0 Å². The molecular formula is C20H15BrFN3O4S. The number of rotatable bonds is 6. The maximum Gasteiger partial charge on any atom is 0.261 e. The lowest BCUT2D eigenvalue weighted by molar-refractivity contribution is 0.0992. The second-order valence-corrected chi connectivity index (χ2v) is 8.75. The number of carbonyl (C=O) groups is 2. The molecule has 0 aromatic heterocycles. The number of carbonyl (C=O) groups excluding carboxylic acids is 2. The van der Waals surface area contributed by atoms with E-state index in [1.165, 1.54) is 42.5 Å². The molecule has 0 atom stereocenters. The zero-order chi connectivity index (χ0) is 21.9. The largest absolute Gasteiger partial charge is 0.366 e. The quantitative estimate of drug-likeness (QED) is 0.486. The Bertz CT molecular complexity index is 1210. The summed E-state index contributed by atoms with van der Waals surface area (Å²) >= 11 is 3.24. The Morgan fingerprint density at radius 3 is 2.10 bits per heavy atom. The van der Waals surface area contributed by atoms with Gasteiger partial charge in [0.2, 0.25) is 0 Å². The van der Waals surface area contributed by atoms with Crippen molar-refractivity contribution in [1.82, 2.24) is 0 Å². The minimum Gasteiger partial charge on any atom is -0.366 e. The lowest BCUT2D eigenvalue weighted by atomic mass is 10.1. The number of nitrogens with two attached hydrogens (primary N) is 1. The third-order valence-corrected chi connectivity index (χ3v) is 5.94. The van der Waals surface area contributed by atoms with Crippen molar-refractivity contribution in [2.24, 2.45) is 5.73 Å². The van der Waals surface area contributed by atoms with E-state index in [9.17, 15) is 22.4 Å². The van der Waals surface area contributed by atoms with Gasteiger partial charge in [-0.25, -0.2) is 12.8 Å². The fourth-order valence-electron chi connectivity index (χ4n) is 2.51. The molecule has 0 unspecified atom stereocenters. The molecule has 3 rings (SSSR count). The van der Waals surface area contributed by atoms with Crippen LogP contribution >= 0.6 is 15.9 Å². The summed E-state index contributed by atoms with van der Waals surface area (Å²) in [7, 11) is -3.78. The van der Waals surface area contributed by atoms with Crippen LogP contribution in [0, 0.1) is 5.82 Å². The highest BCUT2D eigenvalue weighted by Gasteiger charge is 2.15. The molecule has 0 fully saturated rings. The van der Waals surface area contributed by atoms with Gasteiger partial charge in [0.05, 0.1) is 10.5 Å². The number of amides is 2. The van der Waals surface area contributed by atoms with Crippen LogP contribution in [-0.2, 0) is 10.0 Å². The Kier molecular flexibility index (Phi) is 6.18. The van der Waals surface area contributed by atoms with Gasteiger partial charge in [-0.3, -0.25) is 14.3 Å². The van der Waals surface area contributed by atoms with E-state index in [0.29, 0.717) is 0 Å². The number of nitrogens with one attached hydrogen (secondary N) is 2. The Balaban J connectivity index is 1.72. The third-order valence-electron chi connectivity index (χ3n) is 4.01. The fraction of sp³-hybridized carbons (Fsp3) is 0. The molecule has 30 heavy (non-hydrogen) atoms. The number of primary amides is 1. The Labute approximate surface area is 180 Å². The maximum atomic E-state index is 13.5. The molecule has 3 aromatic carbocycles. The molecule has 0 saturated heterocycles. The van der Waals surface area contributed by atoms with Gasteiger partial charge in [-0.1, -0.05) is 15.9 Å². The van der Waals surface area contributed by atoms with Crippen molar-refractivity contribution in [2.45, 2.75) is 4.90 Å². The SMILES string of the molecule is NC(=O)c1cc(NC(=O)c2ccc(NS(=O)(=O)c3ccc(Br)cc3)cc2)ccc1F. The van der Waals surface area contributed by atoms with Gasteiger partial charge in [0.15, 0.2) is 0 Å². The van der Waals surface area contributed by atoms with Crippen molar-refractivity contribution in [1.29, 1.82) is 0 Å². The molecule has 0 aliphatic rings. The molecule has 10 heteroatoms. The monoisotopic (exact) mass is 491 g/mol. The van der Waals surface area contributed by atoms with Gasteiger partial charge in [-0.15, -0.1) is 0 Å². The van der Waals surface area contributed by atoms with Gasteiger partial charge in [-0.05, 0) is 66.7 Å². The molecule has 154 valence electrons. The number of benzene rings is 3. The zero-order valence-electron chi connectivity index (χ0n) is 15.2. The molecule has 7 nitrogen and oxygen atoms in total. The summed E-state index contributed by atoms with van der Waals surface area (Å²) < 4.78 is 41.5. The predicted molar refractivity (Wildman–Crippen MR) is 114 cm³/mol. The number of hydrogen-bond acceptors (Lipinski definition) is 4. The first kappa shape index (κ1) is 21.5. The second kappa shape index (κ2) is 8.64. The van der Waals surface area contributed by atoms with E-state index in [-0.39, 0.29) is 27.4 Å². The fourth-order valence-corrected chi connectivity index (χ4v) is 3.84. The van der Waals surface area contributed by atoms with Crippen LogP contribution in [0.15, 0.2) is 76.1 Å². The van der Waals surface area contributed by atoms with E-state index in [1.54, 1.807) is 12.1 Å². The third kappa shape index (κ3) is 5.02. The lowest BCUT2D eigenvalue weighted by Crippen LogP contribution is -2.16. The highest BCUT2D eigenvalue weighted by Crippen LogP contribution is 2.20. The van der Waals surface area contributed by atoms with Crippen molar-refractivity contribution >= 4 is 49.1 Å². The first-order valence-electron chi connectivity index (χ1n) is 8.45. The van der Waals surface area contributed by atoms with Crippen LogP contribution in [0.5, 0.6) is 0 Å². The van der Waals surface area contributed by atoms with Crippen molar-refractivity contribution in [3.63, 3.8) is 0 Å². The summed E-state index contributed by atoms with van der Waals surface area (Å²) in [5.74, 6) is -2.27. The number of sulfonamides is 1. The second-order valence-electron chi connectivity index (χ2n) is 6.15. The molecule has 0 spiro atoms. The summed E-state index contributed by atoms with van der Waals surface area (Å²) in [6.45, 7) is 0. The Morgan fingerprint density at radius 1 is 0.900 bits per heavy atom. The summed E-state index contributed by atoms with van der Waals surface area (Å²) in [6.07, 6.45) is 0. The van der Waals surface area contributed by atoms with Gasteiger partial charge >= 0.3 is 0 Å². The van der Waals surface area contributed by atoms with Gasteiger partial charge in [0.1, 0.15) is 5.82 Å². The molecule has 4 N–H and O–H groups in total. The van der Waals surface area contributed by atoms with E-state index in [4.69, 9.17) is 5.73 Å². The molecule has 0 aliphatic heterocycles. The Morgan fingerprint density at radius 2 is 1.50 bits per heavy atom. The highest BCUT2D eigenvalue weighted by molar-refractivity contribution is 9.10. The number of halogens is 2. The van der Waals surface area contributed by atoms with Crippen molar-refractivity contribution < 1.29 is 22.4 Å². The van der Waals surface area contributed by atoms with E-state index in [1.807, 2.05) is 0 Å². The van der Waals surface area contributed by atoms with Crippen LogP contribution in [0.3, 0.4) is 0 Å². The molecule has 0 aliphatic carbocycles. The summed E-state index contributed by atoms with van der Waals surface area (Å²) in [5, 5.41) is 2.52. The zero-order valence-corrected chi connectivity index (χ0v) is 17.6. The van der Waals surface area contributed by atoms with Crippen LogP contribution in [-0.4, -0.2) is 20.2 Å². The average molecular weight is 492 g/mol. The van der Waals surface area contributed by atoms with E-state index >= 15 is 0 Å². The van der Waals surface area contributed by atoms with Gasteiger partial charge < -0.3 is 11.1 Å². The van der Waals surface area contributed by atoms with Gasteiger partial charge in [0.25, 0.3) is 21.8 Å². The molecule has 0 bridgehead atoms. The highest BCUT2D eigenvalue weighted by atomic mass is 79.9. The van der Waals surface area contributed by atoms with E-state index < -0.39 is 27.7 Å². The van der Waals surface area contributed by atoms with Crippen molar-refractivity contribution in [3.05, 3.63) is 88.1 Å². The van der Waals surface area contributed by atoms with Gasteiger partial charge in [-0.2, -0.15) is 0 Å². The molecule has 0 saturated carbocycles. The normalized spacial score (nSPS) is 11.0. The van der Waals surface area contributed by atoms with Crippen LogP contribution < -0.4 is 15.8 Å². The van der Waals surface area contributed by atoms with Crippen LogP contribution in [0.2, 0.25) is 0 Å². The standard InChI is InChI=1S/C20H15BrFN3O4S/c21-13-3-8-16(9-4-13)30(28,29)25-14-5-1-12(2-6-14)20(27)24-15-7-10-18(22)17(11-15)19(23)26/h1-11,25H,(H2,23,26)(H,24,27). The number of hydrogen-bond donors (Lipinski definition) is 3. The van der Waals surface area contributed by atoms with Crippen LogP contribution in [0.25, 0.3) is 0 Å². The van der Waals surface area contributed by atoms with Crippen molar-refractivity contribution in [2.75, 3.05) is 10.0 Å². The molecule has 2 amide bonds. The summed E-state index contributed by atoms with van der Waals surface area (Å²) in [6, 6.07) is 15.3. The topological polar surface area (TPSA) is 118 Å². The molecule has 0 heterocycles. The summed E-state index contributed by atoms with van der Waals surface area (Å²) in [4.78, 5) is 23.7.